The Hall–Kier alpha value is 0.907. The zero-order valence-electron chi connectivity index (χ0n) is 14.7. The fraction of sp³-hybridized carbons (Fsp3) is 1.00. The van der Waals surface area contributed by atoms with Crippen LogP contribution in [0.25, 0.3) is 0 Å². The second-order valence-corrected chi connectivity index (χ2v) is 12.0. The highest BCUT2D eigenvalue weighted by Gasteiger charge is 2.30. The van der Waals surface area contributed by atoms with E-state index >= 15 is 0 Å². The molecule has 2 fully saturated rings. The lowest BCUT2D eigenvalue weighted by Gasteiger charge is -2.37. The zero-order chi connectivity index (χ0) is 15.6. The summed E-state index contributed by atoms with van der Waals surface area (Å²) in [5.74, 6) is 3.16. The molecule has 130 valence electrons. The van der Waals surface area contributed by atoms with Crippen molar-refractivity contribution in [1.82, 2.24) is 0 Å². The summed E-state index contributed by atoms with van der Waals surface area (Å²) in [5, 5.41) is 0. The minimum absolute atomic E-state index is 0.223. The average molecular weight is 436 g/mol. The molecule has 0 spiro atoms. The number of halogens is 1. The van der Waals surface area contributed by atoms with Crippen molar-refractivity contribution in [2.45, 2.75) is 96.1 Å². The first kappa shape index (κ1) is 19.2. The predicted molar refractivity (Wildman–Crippen MR) is 109 cm³/mol. The van der Waals surface area contributed by atoms with E-state index in [0.29, 0.717) is 6.10 Å². The smallest absolute Gasteiger partial charge is 0.0938 e. The second-order valence-electron chi connectivity index (χ2n) is 7.73. The van der Waals surface area contributed by atoms with Crippen LogP contribution in [0.2, 0.25) is 6.04 Å². The molecule has 0 saturated heterocycles. The highest BCUT2D eigenvalue weighted by Crippen LogP contribution is 2.41. The lowest BCUT2D eigenvalue weighted by molar-refractivity contribution is 0.00731. The van der Waals surface area contributed by atoms with Crippen molar-refractivity contribution in [2.75, 3.05) is 6.61 Å². The summed E-state index contributed by atoms with van der Waals surface area (Å²) in [6.45, 7) is 3.36. The maximum absolute atomic E-state index is 6.10. The SMILES string of the molecule is CCCC[C@H]1CC[C@H]([C@H]2CC[C@H](OCCC[SiH2]I)CC2)CC1. The number of rotatable bonds is 9. The van der Waals surface area contributed by atoms with Gasteiger partial charge in [0.15, 0.2) is 0 Å². The van der Waals surface area contributed by atoms with Gasteiger partial charge in [0.05, 0.1) is 13.1 Å². The molecule has 2 rings (SSSR count). The van der Waals surface area contributed by atoms with Crippen molar-refractivity contribution < 1.29 is 4.74 Å². The molecular formula is C19H37IOSi. The number of unbranched alkanes of at least 4 members (excludes halogenated alkanes) is 1. The molecular weight excluding hydrogens is 399 g/mol. The van der Waals surface area contributed by atoms with Gasteiger partial charge in [-0.15, -0.1) is 21.8 Å². The molecule has 0 N–H and O–H groups in total. The summed E-state index contributed by atoms with van der Waals surface area (Å²) in [5.41, 5.74) is 0. The molecule has 3 heteroatoms. The molecule has 2 aliphatic carbocycles. The molecule has 0 unspecified atom stereocenters. The maximum atomic E-state index is 6.10. The molecule has 0 atom stereocenters. The van der Waals surface area contributed by atoms with Crippen LogP contribution in [0.4, 0.5) is 0 Å². The standard InChI is InChI=1S/C19H37IOSi/c1-2-3-5-16-6-8-17(9-7-16)18-10-12-19(13-11-18)21-14-4-15-22-20/h16-19H,2-15,22H2,1H3/t16-,17-,18-,19-. The fourth-order valence-corrected chi connectivity index (χ4v) is 6.63. The molecule has 0 amide bonds. The van der Waals surface area contributed by atoms with Crippen LogP contribution in [0.3, 0.4) is 0 Å². The van der Waals surface area contributed by atoms with Gasteiger partial charge in [0.1, 0.15) is 0 Å². The summed E-state index contributed by atoms with van der Waals surface area (Å²) < 4.78 is 6.10. The van der Waals surface area contributed by atoms with E-state index in [1.54, 1.807) is 0 Å². The molecule has 0 bridgehead atoms. The van der Waals surface area contributed by atoms with Crippen molar-refractivity contribution >= 4 is 28.8 Å². The van der Waals surface area contributed by atoms with Crippen LogP contribution in [-0.4, -0.2) is 19.7 Å². The van der Waals surface area contributed by atoms with E-state index in [-0.39, 0.29) is 7.02 Å². The molecule has 2 saturated carbocycles. The molecule has 0 aromatic heterocycles. The van der Waals surface area contributed by atoms with Crippen molar-refractivity contribution in [3.63, 3.8) is 0 Å². The van der Waals surface area contributed by atoms with Gasteiger partial charge in [-0.25, -0.2) is 0 Å². The van der Waals surface area contributed by atoms with Crippen LogP contribution in [0, 0.1) is 17.8 Å². The molecule has 0 radical (unpaired) electrons. The van der Waals surface area contributed by atoms with Gasteiger partial charge in [-0.1, -0.05) is 45.1 Å². The van der Waals surface area contributed by atoms with Gasteiger partial charge in [-0.05, 0) is 62.7 Å². The van der Waals surface area contributed by atoms with Gasteiger partial charge < -0.3 is 4.74 Å². The molecule has 2 aliphatic rings. The van der Waals surface area contributed by atoms with Crippen LogP contribution < -0.4 is 0 Å². The Morgan fingerprint density at radius 1 is 0.909 bits per heavy atom. The van der Waals surface area contributed by atoms with Gasteiger partial charge in [0.2, 0.25) is 0 Å². The first-order valence-corrected chi connectivity index (χ1v) is 16.1. The Morgan fingerprint density at radius 2 is 1.55 bits per heavy atom. The first-order chi connectivity index (χ1) is 10.8. The van der Waals surface area contributed by atoms with E-state index in [4.69, 9.17) is 4.74 Å². The second kappa shape index (κ2) is 11.5. The number of hydrogen-bond donors (Lipinski definition) is 0. The van der Waals surface area contributed by atoms with Crippen LogP contribution in [-0.2, 0) is 4.74 Å². The summed E-state index contributed by atoms with van der Waals surface area (Å²) in [7, 11) is 0.223. The van der Waals surface area contributed by atoms with Crippen LogP contribution >= 0.6 is 21.8 Å². The Morgan fingerprint density at radius 3 is 2.14 bits per heavy atom. The molecule has 22 heavy (non-hydrogen) atoms. The summed E-state index contributed by atoms with van der Waals surface area (Å²) in [4.78, 5) is 0. The van der Waals surface area contributed by atoms with E-state index in [1.165, 1.54) is 83.1 Å². The summed E-state index contributed by atoms with van der Waals surface area (Å²) in [6.07, 6.45) is 18.0. The van der Waals surface area contributed by atoms with Gasteiger partial charge in [0, 0.05) is 6.61 Å². The zero-order valence-corrected chi connectivity index (χ0v) is 18.3. The normalized spacial score (nSPS) is 33.5. The predicted octanol–water partition coefficient (Wildman–Crippen LogP) is 5.89. The maximum Gasteiger partial charge on any atom is 0.0938 e. The number of ether oxygens (including phenoxy) is 1. The Labute approximate surface area is 153 Å². The summed E-state index contributed by atoms with van der Waals surface area (Å²) >= 11 is 2.60. The third-order valence-electron chi connectivity index (χ3n) is 6.12. The van der Waals surface area contributed by atoms with Gasteiger partial charge in [0.25, 0.3) is 0 Å². The van der Waals surface area contributed by atoms with E-state index in [1.807, 2.05) is 0 Å². The van der Waals surface area contributed by atoms with Crippen LogP contribution in [0.15, 0.2) is 0 Å². The quantitative estimate of drug-likeness (QED) is 0.190. The number of hydrogen-bond acceptors (Lipinski definition) is 1. The van der Waals surface area contributed by atoms with E-state index in [9.17, 15) is 0 Å². The van der Waals surface area contributed by atoms with Crippen molar-refractivity contribution in [1.29, 1.82) is 0 Å². The molecule has 0 aromatic carbocycles. The third-order valence-corrected chi connectivity index (χ3v) is 9.18. The van der Waals surface area contributed by atoms with Gasteiger partial charge >= 0.3 is 0 Å². The van der Waals surface area contributed by atoms with Gasteiger partial charge in [-0.2, -0.15) is 0 Å². The fourth-order valence-electron chi connectivity index (χ4n) is 4.61. The Kier molecular flexibility index (Phi) is 10.0. The van der Waals surface area contributed by atoms with Crippen LogP contribution in [0.5, 0.6) is 0 Å². The monoisotopic (exact) mass is 436 g/mol. The topological polar surface area (TPSA) is 9.23 Å². The largest absolute Gasteiger partial charge is 0.378 e. The van der Waals surface area contributed by atoms with E-state index in [2.05, 4.69) is 28.7 Å². The van der Waals surface area contributed by atoms with Crippen LogP contribution in [0.1, 0.15) is 84.0 Å². The minimum atomic E-state index is 0.223. The van der Waals surface area contributed by atoms with Crippen molar-refractivity contribution in [3.8, 4) is 0 Å². The molecule has 0 heterocycles. The third kappa shape index (κ3) is 6.80. The highest BCUT2D eigenvalue weighted by atomic mass is 127. The molecule has 0 aliphatic heterocycles. The molecule has 1 nitrogen and oxygen atoms in total. The van der Waals surface area contributed by atoms with E-state index in [0.717, 1.165) is 24.4 Å². The highest BCUT2D eigenvalue weighted by molar-refractivity contribution is 14.1. The first-order valence-electron chi connectivity index (χ1n) is 10.0. The Bertz CT molecular complexity index is 271. The summed E-state index contributed by atoms with van der Waals surface area (Å²) in [6, 6.07) is 1.46. The van der Waals surface area contributed by atoms with Crippen molar-refractivity contribution in [2.24, 2.45) is 17.8 Å². The lowest BCUT2D eigenvalue weighted by Crippen LogP contribution is -2.28. The molecule has 0 aromatic rings. The average Bonchev–Trinajstić information content (AvgIpc) is 2.58. The van der Waals surface area contributed by atoms with Crippen molar-refractivity contribution in [3.05, 3.63) is 0 Å². The van der Waals surface area contributed by atoms with E-state index < -0.39 is 0 Å². The van der Waals surface area contributed by atoms with Gasteiger partial charge in [-0.3, -0.25) is 0 Å². The Balaban J connectivity index is 1.57. The minimum Gasteiger partial charge on any atom is -0.378 e. The lowest BCUT2D eigenvalue weighted by atomic mass is 9.70.